The molecule has 0 unspecified atom stereocenters. The van der Waals surface area contributed by atoms with E-state index in [4.69, 9.17) is 4.84 Å². The van der Waals surface area contributed by atoms with Gasteiger partial charge in [0.1, 0.15) is 5.71 Å². The van der Waals surface area contributed by atoms with Crippen LogP contribution >= 0.6 is 0 Å². The van der Waals surface area contributed by atoms with Crippen molar-refractivity contribution in [2.45, 2.75) is 12.8 Å². The molecule has 9 nitrogen and oxygen atoms in total. The minimum Gasteiger partial charge on any atom is -0.349 e. The van der Waals surface area contributed by atoms with Crippen LogP contribution in [0.1, 0.15) is 18.4 Å². The summed E-state index contributed by atoms with van der Waals surface area (Å²) in [6.45, 7) is 2.48. The molecular formula is C18H18N4O5. The van der Waals surface area contributed by atoms with Crippen LogP contribution in [0, 0.1) is 20.2 Å². The van der Waals surface area contributed by atoms with Crippen molar-refractivity contribution in [3.63, 3.8) is 0 Å². The van der Waals surface area contributed by atoms with E-state index in [1.807, 2.05) is 30.3 Å². The van der Waals surface area contributed by atoms with E-state index in [0.717, 1.165) is 43.6 Å². The van der Waals surface area contributed by atoms with Crippen LogP contribution in [-0.2, 0) is 0 Å². The summed E-state index contributed by atoms with van der Waals surface area (Å²) in [6, 6.07) is 12.6. The maximum absolute atomic E-state index is 11.2. The van der Waals surface area contributed by atoms with E-state index < -0.39 is 15.5 Å². The number of hydrogen-bond donors (Lipinski definition) is 0. The van der Waals surface area contributed by atoms with Gasteiger partial charge in [-0.25, -0.2) is 0 Å². The molecule has 2 aromatic rings. The highest BCUT2D eigenvalue weighted by Crippen LogP contribution is 2.31. The molecule has 140 valence electrons. The Morgan fingerprint density at radius 2 is 1.74 bits per heavy atom. The van der Waals surface area contributed by atoms with Gasteiger partial charge in [-0.15, -0.1) is 0 Å². The van der Waals surface area contributed by atoms with Crippen molar-refractivity contribution in [1.82, 2.24) is 4.90 Å². The molecule has 0 bridgehead atoms. The molecular weight excluding hydrogens is 352 g/mol. The second kappa shape index (κ2) is 8.37. The first kappa shape index (κ1) is 18.5. The molecule has 0 N–H and O–H groups in total. The van der Waals surface area contributed by atoms with E-state index >= 15 is 0 Å². The first-order valence-electron chi connectivity index (χ1n) is 8.49. The van der Waals surface area contributed by atoms with Crippen molar-refractivity contribution in [2.24, 2.45) is 5.16 Å². The molecule has 1 aliphatic rings. The lowest BCUT2D eigenvalue weighted by Crippen LogP contribution is -2.28. The molecule has 1 fully saturated rings. The normalized spacial score (nSPS) is 14.9. The third kappa shape index (κ3) is 4.64. The number of rotatable bonds is 7. The van der Waals surface area contributed by atoms with Crippen LogP contribution in [0.15, 0.2) is 53.7 Å². The molecule has 0 aliphatic carbocycles. The molecule has 0 amide bonds. The molecule has 0 spiro atoms. The molecule has 0 saturated carbocycles. The molecule has 0 aromatic heterocycles. The van der Waals surface area contributed by atoms with E-state index in [-0.39, 0.29) is 11.4 Å². The maximum Gasteiger partial charge on any atom is 0.321 e. The maximum atomic E-state index is 11.2. The molecule has 0 atom stereocenters. The largest absolute Gasteiger partial charge is 0.349 e. The molecule has 1 aliphatic heterocycles. The van der Waals surface area contributed by atoms with Gasteiger partial charge in [-0.1, -0.05) is 35.5 Å². The van der Waals surface area contributed by atoms with Gasteiger partial charge in [0.05, 0.1) is 15.9 Å². The summed E-state index contributed by atoms with van der Waals surface area (Å²) < 4.78 is 0. The third-order valence-electron chi connectivity index (χ3n) is 4.28. The molecule has 9 heteroatoms. The van der Waals surface area contributed by atoms with Crippen LogP contribution in [0.3, 0.4) is 0 Å². The first-order chi connectivity index (χ1) is 13.0. The van der Waals surface area contributed by atoms with Crippen LogP contribution < -0.4 is 4.84 Å². The van der Waals surface area contributed by atoms with E-state index in [9.17, 15) is 20.2 Å². The lowest BCUT2D eigenvalue weighted by molar-refractivity contribution is -0.394. The van der Waals surface area contributed by atoms with Crippen molar-refractivity contribution < 1.29 is 14.7 Å². The van der Waals surface area contributed by atoms with Gasteiger partial charge in [-0.3, -0.25) is 25.1 Å². The summed E-state index contributed by atoms with van der Waals surface area (Å²) in [6.07, 6.45) is 2.24. The fourth-order valence-electron chi connectivity index (χ4n) is 2.90. The number of nitro benzene ring substituents is 2. The monoisotopic (exact) mass is 370 g/mol. The first-order valence-corrected chi connectivity index (χ1v) is 8.49. The van der Waals surface area contributed by atoms with Crippen molar-refractivity contribution >= 4 is 17.1 Å². The Morgan fingerprint density at radius 3 is 2.37 bits per heavy atom. The second-order valence-corrected chi connectivity index (χ2v) is 6.14. The molecule has 27 heavy (non-hydrogen) atoms. The van der Waals surface area contributed by atoms with Gasteiger partial charge in [-0.2, -0.15) is 0 Å². The Bertz CT molecular complexity index is 863. The smallest absolute Gasteiger partial charge is 0.321 e. The number of nitrogens with zero attached hydrogens (tertiary/aromatic N) is 4. The van der Waals surface area contributed by atoms with Crippen molar-refractivity contribution in [1.29, 1.82) is 0 Å². The highest BCUT2D eigenvalue weighted by Gasteiger charge is 2.22. The Kier molecular flexibility index (Phi) is 5.72. The highest BCUT2D eigenvalue weighted by molar-refractivity contribution is 6.01. The zero-order valence-corrected chi connectivity index (χ0v) is 14.5. The third-order valence-corrected chi connectivity index (χ3v) is 4.28. The Morgan fingerprint density at radius 1 is 1.04 bits per heavy atom. The molecule has 1 heterocycles. The van der Waals surface area contributed by atoms with Crippen LogP contribution in [0.4, 0.5) is 11.4 Å². The average Bonchev–Trinajstić information content (AvgIpc) is 3.18. The summed E-state index contributed by atoms with van der Waals surface area (Å²) in [5.41, 5.74) is 0.624. The van der Waals surface area contributed by atoms with Gasteiger partial charge in [0.25, 0.3) is 5.69 Å². The lowest BCUT2D eigenvalue weighted by atomic mass is 10.1. The highest BCUT2D eigenvalue weighted by atomic mass is 16.7. The SMILES string of the molecule is O=[N+]([O-])c1ccc(O/N=C(/CN2CCCC2)c2ccccc2)c([N+](=O)[O-])c1. The molecule has 2 aromatic carbocycles. The minimum atomic E-state index is -0.722. The Balaban J connectivity index is 1.89. The fourth-order valence-corrected chi connectivity index (χ4v) is 2.90. The van der Waals surface area contributed by atoms with Crippen molar-refractivity contribution in [2.75, 3.05) is 19.6 Å². The van der Waals surface area contributed by atoms with E-state index in [1.54, 1.807) is 0 Å². The van der Waals surface area contributed by atoms with Gasteiger partial charge < -0.3 is 4.84 Å². The number of likely N-dealkylation sites (tertiary alicyclic amines) is 1. The van der Waals surface area contributed by atoms with Crippen molar-refractivity contribution in [3.05, 3.63) is 74.3 Å². The summed E-state index contributed by atoms with van der Waals surface area (Å²) in [7, 11) is 0. The number of nitro groups is 2. The van der Waals surface area contributed by atoms with Gasteiger partial charge in [0.15, 0.2) is 0 Å². The van der Waals surface area contributed by atoms with Crippen molar-refractivity contribution in [3.8, 4) is 5.75 Å². The summed E-state index contributed by atoms with van der Waals surface area (Å²) in [4.78, 5) is 28.3. The average molecular weight is 370 g/mol. The lowest BCUT2D eigenvalue weighted by Gasteiger charge is -2.16. The standard InChI is InChI=1S/C18H18N4O5/c23-21(24)15-8-9-18(17(12-15)22(25)26)27-19-16(13-20-10-4-5-11-20)14-6-2-1-3-7-14/h1-3,6-9,12H,4-5,10-11,13H2/b19-16-. The topological polar surface area (TPSA) is 111 Å². The van der Waals surface area contributed by atoms with E-state index in [0.29, 0.717) is 12.3 Å². The Labute approximate surface area is 155 Å². The summed E-state index contributed by atoms with van der Waals surface area (Å²) in [5.74, 6) is -0.138. The summed E-state index contributed by atoms with van der Waals surface area (Å²) in [5, 5.41) is 26.2. The quantitative estimate of drug-likeness (QED) is 0.420. The van der Waals surface area contributed by atoms with Gasteiger partial charge in [-0.05, 0) is 32.0 Å². The predicted molar refractivity (Wildman–Crippen MR) is 99.0 cm³/mol. The second-order valence-electron chi connectivity index (χ2n) is 6.14. The number of oxime groups is 1. The Hall–Kier alpha value is -3.33. The fraction of sp³-hybridized carbons (Fsp3) is 0.278. The number of non-ortho nitro benzene ring substituents is 1. The van der Waals surface area contributed by atoms with E-state index in [1.165, 1.54) is 6.07 Å². The zero-order valence-electron chi connectivity index (χ0n) is 14.5. The van der Waals surface area contributed by atoms with Crippen LogP contribution in [0.5, 0.6) is 5.75 Å². The zero-order chi connectivity index (χ0) is 19.2. The van der Waals surface area contributed by atoms with Gasteiger partial charge >= 0.3 is 5.69 Å². The number of hydrogen-bond acceptors (Lipinski definition) is 7. The summed E-state index contributed by atoms with van der Waals surface area (Å²) >= 11 is 0. The van der Waals surface area contributed by atoms with Gasteiger partial charge in [0, 0.05) is 18.2 Å². The minimum absolute atomic E-state index is 0.138. The van der Waals surface area contributed by atoms with Gasteiger partial charge in [0.2, 0.25) is 5.75 Å². The molecule has 1 saturated heterocycles. The van der Waals surface area contributed by atoms with E-state index in [2.05, 4.69) is 10.1 Å². The van der Waals surface area contributed by atoms with Crippen LogP contribution in [0.25, 0.3) is 0 Å². The predicted octanol–water partition coefficient (Wildman–Crippen LogP) is 3.38. The van der Waals surface area contributed by atoms with Crippen LogP contribution in [0.2, 0.25) is 0 Å². The molecule has 3 rings (SSSR count). The van der Waals surface area contributed by atoms with Crippen LogP contribution in [-0.4, -0.2) is 40.1 Å². The molecule has 0 radical (unpaired) electrons. The number of benzene rings is 2.